The van der Waals surface area contributed by atoms with Gasteiger partial charge in [0, 0.05) is 54.8 Å². The zero-order valence-corrected chi connectivity index (χ0v) is 39.2. The third kappa shape index (κ3) is 22.2. The number of halogens is 7. The molecule has 0 saturated carbocycles. The maximum absolute atomic E-state index is 12.3. The van der Waals surface area contributed by atoms with Crippen molar-refractivity contribution in [1.82, 2.24) is 29.7 Å². The highest BCUT2D eigenvalue weighted by Crippen LogP contribution is 2.27. The van der Waals surface area contributed by atoms with Gasteiger partial charge in [0.25, 0.3) is 0 Å². The second-order valence-electron chi connectivity index (χ2n) is 14.1. The van der Waals surface area contributed by atoms with E-state index in [1.54, 1.807) is 24.8 Å². The third-order valence-electron chi connectivity index (χ3n) is 9.47. The number of nitrogens with zero attached hydrogens (tertiary/aromatic N) is 6. The smallest absolute Gasteiger partial charge is 0.492 e. The van der Waals surface area contributed by atoms with E-state index in [9.17, 15) is 26.3 Å². The molecule has 0 amide bonds. The molecule has 0 aliphatic carbocycles. The normalized spacial score (nSPS) is 11.0. The minimum atomic E-state index is -4.74. The van der Waals surface area contributed by atoms with Gasteiger partial charge in [-0.25, -0.2) is 19.9 Å². The molecule has 372 valence electrons. The molecule has 0 unspecified atom stereocenters. The van der Waals surface area contributed by atoms with E-state index in [2.05, 4.69) is 93.5 Å². The summed E-state index contributed by atoms with van der Waals surface area (Å²) in [5.41, 5.74) is 3.18. The Balaban J connectivity index is 0.000000295. The van der Waals surface area contributed by atoms with Gasteiger partial charge in [0.05, 0.1) is 4.47 Å². The number of alkyl halides is 6. The fourth-order valence-corrected chi connectivity index (χ4v) is 6.01. The van der Waals surface area contributed by atoms with Crippen molar-refractivity contribution in [2.45, 2.75) is 47.8 Å². The number of hydrogen-bond acceptors (Lipinski definition) is 14. The molecule has 6 rings (SSSR count). The van der Waals surface area contributed by atoms with Crippen molar-refractivity contribution in [3.05, 3.63) is 126 Å². The summed E-state index contributed by atoms with van der Waals surface area (Å²) in [4.78, 5) is 21.5. The lowest BCUT2D eigenvalue weighted by molar-refractivity contribution is -0.275. The maximum atomic E-state index is 12.3. The van der Waals surface area contributed by atoms with Gasteiger partial charge in [-0.05, 0) is 126 Å². The highest BCUT2D eigenvalue weighted by atomic mass is 79.9. The molecular weight excluding hydrogens is 977 g/mol. The van der Waals surface area contributed by atoms with Crippen LogP contribution in [0, 0.1) is 0 Å². The average molecular weight is 1030 g/mol. The largest absolute Gasteiger partial charge is 0.573 e. The fourth-order valence-electron chi connectivity index (χ4n) is 5.80. The summed E-state index contributed by atoms with van der Waals surface area (Å²) in [5, 5.41) is 23.5. The van der Waals surface area contributed by atoms with Gasteiger partial charge in [-0.3, -0.25) is 0 Å². The van der Waals surface area contributed by atoms with Crippen LogP contribution in [0.3, 0.4) is 0 Å². The van der Waals surface area contributed by atoms with Crippen LogP contribution in [0.15, 0.2) is 126 Å². The lowest BCUT2D eigenvalue weighted by Crippen LogP contribution is -2.29. The van der Waals surface area contributed by atoms with E-state index in [1.165, 1.54) is 24.3 Å². The van der Waals surface area contributed by atoms with Gasteiger partial charge < -0.3 is 49.4 Å². The molecule has 0 fully saturated rings. The van der Waals surface area contributed by atoms with E-state index in [4.69, 9.17) is 19.5 Å². The minimum Gasteiger partial charge on any atom is -0.492 e. The Morgan fingerprint density at radius 1 is 0.522 bits per heavy atom. The van der Waals surface area contributed by atoms with Gasteiger partial charge in [0.2, 0.25) is 11.9 Å². The number of nitrogens with one attached hydrogen (secondary N) is 2. The SMILES string of the molecule is C.CCN(CC)CCOc1ccc(Nc2ncc(-c3ccc(OC(F)(F)F)cc3)cn2)cc1.CCN(CC)CCOc1ccc(Nc2ncc(Br)cn2)cc1.OB(O)c1ccc(OC(F)(F)F)cc1. The van der Waals surface area contributed by atoms with Crippen LogP contribution in [-0.2, 0) is 0 Å². The zero-order chi connectivity index (χ0) is 49.5. The number of rotatable bonds is 20. The molecule has 0 aliphatic rings. The van der Waals surface area contributed by atoms with Crippen LogP contribution in [0.25, 0.3) is 11.1 Å². The number of benzene rings is 4. The van der Waals surface area contributed by atoms with Crippen molar-refractivity contribution in [2.75, 3.05) is 63.1 Å². The van der Waals surface area contributed by atoms with Crippen LogP contribution >= 0.6 is 15.9 Å². The molecule has 4 N–H and O–H groups in total. The second kappa shape index (κ2) is 29.0. The van der Waals surface area contributed by atoms with Gasteiger partial charge >= 0.3 is 19.8 Å². The second-order valence-corrected chi connectivity index (χ2v) is 15.0. The first-order valence-electron chi connectivity index (χ1n) is 21.3. The Labute approximate surface area is 407 Å². The van der Waals surface area contributed by atoms with Crippen LogP contribution in [0.1, 0.15) is 35.1 Å². The highest BCUT2D eigenvalue weighted by Gasteiger charge is 2.31. The van der Waals surface area contributed by atoms with Gasteiger partial charge in [-0.15, -0.1) is 26.3 Å². The summed E-state index contributed by atoms with van der Waals surface area (Å²) in [7, 11) is -1.70. The molecule has 2 heterocycles. The highest BCUT2D eigenvalue weighted by molar-refractivity contribution is 9.10. The molecule has 0 spiro atoms. The summed E-state index contributed by atoms with van der Waals surface area (Å²) in [6, 6.07) is 25.1. The summed E-state index contributed by atoms with van der Waals surface area (Å²) < 4.78 is 91.7. The van der Waals surface area contributed by atoms with Crippen LogP contribution < -0.4 is 35.0 Å². The average Bonchev–Trinajstić information content (AvgIpc) is 3.31. The standard InChI is InChI=1S/C23H25F3N4O2.C16H21BrN4O.C7H6BF3O3.CH4/c1-3-30(4-2)13-14-31-20-11-7-19(8-12-20)29-22-27-15-18(16-28-22)17-5-9-21(10-6-17)32-23(24,25)26;1-3-21(4-2)9-10-22-15-7-5-14(6-8-15)20-16-18-11-13(17)12-19-16;9-7(10,11)14-6-3-1-5(2-4-6)8(12)13;/h5-12,15-16H,3-4,13-14H2,1-2H3,(H,27,28,29);5-8,11-12H,3-4,9-10H2,1-2H3,(H,18,19,20);1-4,12-13H;1H4. The Morgan fingerprint density at radius 3 is 1.22 bits per heavy atom. The Kier molecular flexibility index (Phi) is 24.0. The van der Waals surface area contributed by atoms with E-state index in [-0.39, 0.29) is 18.6 Å². The third-order valence-corrected chi connectivity index (χ3v) is 9.88. The minimum absolute atomic E-state index is 0. The van der Waals surface area contributed by atoms with Gasteiger partial charge in [0.1, 0.15) is 36.2 Å². The Morgan fingerprint density at radius 2 is 0.870 bits per heavy atom. The van der Waals surface area contributed by atoms with Gasteiger partial charge in [0.15, 0.2) is 0 Å². The lowest BCUT2D eigenvalue weighted by atomic mass is 9.80. The molecule has 6 aromatic rings. The van der Waals surface area contributed by atoms with Crippen molar-refractivity contribution >= 4 is 51.8 Å². The van der Waals surface area contributed by atoms with Crippen LogP contribution in [-0.4, -0.2) is 112 Å². The predicted octanol–water partition coefficient (Wildman–Crippen LogP) is 10.1. The summed E-state index contributed by atoms with van der Waals surface area (Å²) in [6.45, 7) is 15.8. The van der Waals surface area contributed by atoms with Crippen molar-refractivity contribution in [2.24, 2.45) is 0 Å². The van der Waals surface area contributed by atoms with Crippen LogP contribution in [0.4, 0.5) is 49.6 Å². The summed E-state index contributed by atoms with van der Waals surface area (Å²) >= 11 is 3.31. The van der Waals surface area contributed by atoms with Gasteiger partial charge in [-0.2, -0.15) is 0 Å². The Hall–Kier alpha value is -6.20. The molecule has 2 aromatic heterocycles. The molecule has 14 nitrogen and oxygen atoms in total. The van der Waals surface area contributed by atoms with Gasteiger partial charge in [-0.1, -0.05) is 59.4 Å². The van der Waals surface area contributed by atoms with E-state index in [0.717, 1.165) is 90.9 Å². The quantitative estimate of drug-likeness (QED) is 0.0423. The number of anilines is 4. The molecule has 69 heavy (non-hydrogen) atoms. The topological polar surface area (TPSA) is 159 Å². The number of likely N-dealkylation sites (N-methyl/N-ethyl adjacent to an activating group) is 2. The summed E-state index contributed by atoms with van der Waals surface area (Å²) in [5.74, 6) is 1.95. The fraction of sp³-hybridized carbons (Fsp3) is 0.319. The number of ether oxygens (including phenoxy) is 4. The predicted molar refractivity (Wildman–Crippen MR) is 260 cm³/mol. The van der Waals surface area contributed by atoms with Crippen LogP contribution in [0.5, 0.6) is 23.0 Å². The molecule has 0 radical (unpaired) electrons. The van der Waals surface area contributed by atoms with E-state index < -0.39 is 25.6 Å². The van der Waals surface area contributed by atoms with Crippen LogP contribution in [0.2, 0.25) is 0 Å². The molecule has 22 heteroatoms. The molecular formula is C47H56BBrF6N8O6. The van der Waals surface area contributed by atoms with Crippen molar-refractivity contribution in [1.29, 1.82) is 0 Å². The Bertz CT molecular complexity index is 2320. The maximum Gasteiger partial charge on any atom is 0.573 e. The van der Waals surface area contributed by atoms with Crippen molar-refractivity contribution < 1.29 is 55.3 Å². The number of aromatic nitrogens is 4. The van der Waals surface area contributed by atoms with Crippen molar-refractivity contribution in [3.63, 3.8) is 0 Å². The monoisotopic (exact) mass is 1030 g/mol. The first-order valence-corrected chi connectivity index (χ1v) is 22.1. The first-order chi connectivity index (χ1) is 32.4. The molecule has 0 bridgehead atoms. The van der Waals surface area contributed by atoms with E-state index in [0.29, 0.717) is 36.2 Å². The molecule has 0 saturated heterocycles. The summed E-state index contributed by atoms with van der Waals surface area (Å²) in [6.07, 6.45) is -2.84. The molecule has 0 atom stereocenters. The lowest BCUT2D eigenvalue weighted by Gasteiger charge is -2.18. The van der Waals surface area contributed by atoms with E-state index in [1.807, 2.05) is 48.5 Å². The first kappa shape index (κ1) is 57.1. The number of hydrogen-bond donors (Lipinski definition) is 4. The molecule has 0 aliphatic heterocycles. The zero-order valence-electron chi connectivity index (χ0n) is 37.6. The molecule has 4 aromatic carbocycles. The van der Waals surface area contributed by atoms with Crippen molar-refractivity contribution in [3.8, 4) is 34.1 Å². The van der Waals surface area contributed by atoms with E-state index >= 15 is 0 Å².